The van der Waals surface area contributed by atoms with Crippen molar-refractivity contribution >= 4 is 0 Å². The van der Waals surface area contributed by atoms with E-state index in [-0.39, 0.29) is 6.04 Å². The minimum atomic E-state index is 0.000370. The van der Waals surface area contributed by atoms with Crippen molar-refractivity contribution in [2.75, 3.05) is 0 Å². The minimum absolute atomic E-state index is 0.000370. The fraction of sp³-hybridized carbons (Fsp3) is 0.364. The fourth-order valence-electron chi connectivity index (χ4n) is 1.72. The molecule has 0 aliphatic carbocycles. The van der Waals surface area contributed by atoms with E-state index in [1.165, 1.54) is 0 Å². The van der Waals surface area contributed by atoms with Crippen LogP contribution in [-0.4, -0.2) is 19.5 Å². The number of aryl methyl sites for hydroxylation is 2. The quantitative estimate of drug-likeness (QED) is 0.574. The summed E-state index contributed by atoms with van der Waals surface area (Å²) >= 11 is 0. The molecule has 0 aromatic carbocycles. The van der Waals surface area contributed by atoms with Crippen molar-refractivity contribution in [3.05, 3.63) is 42.5 Å². The number of aromatic nitrogens is 4. The number of hydrogen-bond acceptors (Lipinski definition) is 5. The zero-order valence-corrected chi connectivity index (χ0v) is 9.74. The monoisotopic (exact) mass is 232 g/mol. The third-order valence-corrected chi connectivity index (χ3v) is 2.72. The molecule has 0 fully saturated rings. The van der Waals surface area contributed by atoms with Crippen LogP contribution in [0.4, 0.5) is 0 Å². The first kappa shape index (κ1) is 11.7. The van der Waals surface area contributed by atoms with Gasteiger partial charge in [0.1, 0.15) is 5.82 Å². The second-order valence-corrected chi connectivity index (χ2v) is 3.84. The Morgan fingerprint density at radius 3 is 2.82 bits per heavy atom. The molecule has 0 aliphatic rings. The van der Waals surface area contributed by atoms with Gasteiger partial charge in [-0.3, -0.25) is 21.2 Å². The molecule has 2 aromatic heterocycles. The van der Waals surface area contributed by atoms with E-state index in [9.17, 15) is 0 Å². The fourth-order valence-corrected chi connectivity index (χ4v) is 1.72. The molecule has 1 atom stereocenters. The van der Waals surface area contributed by atoms with E-state index in [0.29, 0.717) is 0 Å². The van der Waals surface area contributed by atoms with Crippen LogP contribution >= 0.6 is 0 Å². The number of nitrogens with zero attached hydrogens (tertiary/aromatic N) is 4. The molecule has 0 radical (unpaired) electrons. The summed E-state index contributed by atoms with van der Waals surface area (Å²) in [6.07, 6.45) is 10.4. The second-order valence-electron chi connectivity index (χ2n) is 3.84. The predicted octanol–water partition coefficient (Wildman–Crippen LogP) is 0.347. The number of nitrogens with two attached hydrogens (primary N) is 1. The van der Waals surface area contributed by atoms with E-state index in [2.05, 4.69) is 20.4 Å². The summed E-state index contributed by atoms with van der Waals surface area (Å²) in [5, 5.41) is 0. The molecule has 1 unspecified atom stereocenters. The molecule has 2 heterocycles. The van der Waals surface area contributed by atoms with E-state index in [4.69, 9.17) is 5.84 Å². The molecule has 0 saturated heterocycles. The maximum Gasteiger partial charge on any atom is 0.108 e. The first-order chi connectivity index (χ1) is 8.31. The Balaban J connectivity index is 1.99. The van der Waals surface area contributed by atoms with Crippen molar-refractivity contribution in [1.29, 1.82) is 0 Å². The van der Waals surface area contributed by atoms with Crippen molar-refractivity contribution in [1.82, 2.24) is 24.9 Å². The lowest BCUT2D eigenvalue weighted by atomic mass is 10.1. The van der Waals surface area contributed by atoms with E-state index in [0.717, 1.165) is 24.4 Å². The van der Waals surface area contributed by atoms with Gasteiger partial charge in [-0.15, -0.1) is 0 Å². The van der Waals surface area contributed by atoms with E-state index >= 15 is 0 Å². The third kappa shape index (κ3) is 2.86. The molecule has 0 aliphatic heterocycles. The Hall–Kier alpha value is -1.79. The van der Waals surface area contributed by atoms with Crippen LogP contribution < -0.4 is 11.3 Å². The molecular formula is C11H16N6. The summed E-state index contributed by atoms with van der Waals surface area (Å²) in [5.41, 5.74) is 3.61. The number of hydrazine groups is 1. The average molecular weight is 232 g/mol. The average Bonchev–Trinajstić information content (AvgIpc) is 2.77. The molecule has 90 valence electrons. The lowest BCUT2D eigenvalue weighted by molar-refractivity contribution is 0.494. The summed E-state index contributed by atoms with van der Waals surface area (Å²) < 4.78 is 2.00. The summed E-state index contributed by atoms with van der Waals surface area (Å²) in [6.45, 7) is 0. The Morgan fingerprint density at radius 2 is 2.24 bits per heavy atom. The van der Waals surface area contributed by atoms with E-state index < -0.39 is 0 Å². The molecule has 0 saturated carbocycles. The number of nitrogens with one attached hydrogen (secondary N) is 1. The van der Waals surface area contributed by atoms with Gasteiger partial charge in [0, 0.05) is 38.3 Å². The van der Waals surface area contributed by atoms with Gasteiger partial charge in [0.2, 0.25) is 0 Å². The normalized spacial score (nSPS) is 12.6. The van der Waals surface area contributed by atoms with Gasteiger partial charge >= 0.3 is 0 Å². The lowest BCUT2D eigenvalue weighted by Gasteiger charge is -2.14. The molecule has 0 spiro atoms. The molecule has 3 N–H and O–H groups in total. The Morgan fingerprint density at radius 1 is 1.35 bits per heavy atom. The summed E-state index contributed by atoms with van der Waals surface area (Å²) in [6, 6.07) is 0.000370. The van der Waals surface area contributed by atoms with Crippen LogP contribution in [0.2, 0.25) is 0 Å². The van der Waals surface area contributed by atoms with Crippen molar-refractivity contribution in [3.63, 3.8) is 0 Å². The van der Waals surface area contributed by atoms with Gasteiger partial charge in [0.05, 0.1) is 17.9 Å². The van der Waals surface area contributed by atoms with Gasteiger partial charge in [-0.2, -0.15) is 0 Å². The van der Waals surface area contributed by atoms with Crippen molar-refractivity contribution < 1.29 is 0 Å². The highest BCUT2D eigenvalue weighted by Crippen LogP contribution is 2.14. The summed E-state index contributed by atoms with van der Waals surface area (Å²) in [4.78, 5) is 12.6. The third-order valence-electron chi connectivity index (χ3n) is 2.72. The van der Waals surface area contributed by atoms with Gasteiger partial charge in [-0.1, -0.05) is 0 Å². The lowest BCUT2D eigenvalue weighted by Crippen LogP contribution is -2.29. The topological polar surface area (TPSA) is 81.7 Å². The van der Waals surface area contributed by atoms with Crippen LogP contribution in [0.15, 0.2) is 31.0 Å². The van der Waals surface area contributed by atoms with Crippen LogP contribution in [0.3, 0.4) is 0 Å². The van der Waals surface area contributed by atoms with Gasteiger partial charge in [-0.05, 0) is 6.42 Å². The van der Waals surface area contributed by atoms with Crippen LogP contribution in [0.5, 0.6) is 0 Å². The van der Waals surface area contributed by atoms with Crippen LogP contribution in [-0.2, 0) is 13.5 Å². The van der Waals surface area contributed by atoms with Gasteiger partial charge in [-0.25, -0.2) is 4.98 Å². The number of rotatable bonds is 5. The van der Waals surface area contributed by atoms with Crippen molar-refractivity contribution in [3.8, 4) is 0 Å². The van der Waals surface area contributed by atoms with Gasteiger partial charge < -0.3 is 4.57 Å². The number of hydrogen-bond donors (Lipinski definition) is 2. The molecule has 6 nitrogen and oxygen atoms in total. The minimum Gasteiger partial charge on any atom is -0.338 e. The van der Waals surface area contributed by atoms with E-state index in [1.807, 2.05) is 17.8 Å². The zero-order valence-electron chi connectivity index (χ0n) is 9.74. The van der Waals surface area contributed by atoms with Crippen molar-refractivity contribution in [2.24, 2.45) is 12.9 Å². The van der Waals surface area contributed by atoms with Gasteiger partial charge in [0.25, 0.3) is 0 Å². The molecule has 17 heavy (non-hydrogen) atoms. The van der Waals surface area contributed by atoms with E-state index in [1.54, 1.807) is 24.8 Å². The molecular weight excluding hydrogens is 216 g/mol. The van der Waals surface area contributed by atoms with Crippen LogP contribution in [0, 0.1) is 0 Å². The summed E-state index contributed by atoms with van der Waals surface area (Å²) in [5.74, 6) is 6.57. The maximum absolute atomic E-state index is 5.54. The predicted molar refractivity (Wildman–Crippen MR) is 63.6 cm³/mol. The molecule has 2 aromatic rings. The number of imidazole rings is 1. The smallest absolute Gasteiger partial charge is 0.108 e. The molecule has 0 bridgehead atoms. The second kappa shape index (κ2) is 5.51. The first-order valence-corrected chi connectivity index (χ1v) is 5.49. The SMILES string of the molecule is Cn1ccnc1CCC(NN)c1cnccn1. The van der Waals surface area contributed by atoms with Crippen molar-refractivity contribution in [2.45, 2.75) is 18.9 Å². The highest BCUT2D eigenvalue weighted by molar-refractivity contribution is 5.03. The standard InChI is InChI=1S/C11H16N6/c1-17-7-6-15-11(17)3-2-9(16-12)10-8-13-4-5-14-10/h4-9,16H,2-3,12H2,1H3. The van der Waals surface area contributed by atoms with Gasteiger partial charge in [0.15, 0.2) is 0 Å². The van der Waals surface area contributed by atoms with Crippen LogP contribution in [0.1, 0.15) is 24.0 Å². The first-order valence-electron chi connectivity index (χ1n) is 5.49. The molecule has 2 rings (SSSR count). The molecule has 6 heteroatoms. The highest BCUT2D eigenvalue weighted by atomic mass is 15.2. The zero-order chi connectivity index (χ0) is 12.1. The largest absolute Gasteiger partial charge is 0.338 e. The maximum atomic E-state index is 5.54. The Labute approximate surface area is 99.9 Å². The van der Waals surface area contributed by atoms with Crippen LogP contribution in [0.25, 0.3) is 0 Å². The summed E-state index contributed by atoms with van der Waals surface area (Å²) in [7, 11) is 1.98. The highest BCUT2D eigenvalue weighted by Gasteiger charge is 2.12. The Bertz CT molecular complexity index is 452. The molecule has 0 amide bonds. The Kier molecular flexibility index (Phi) is 3.79.